The number of halogens is 4. The molecule has 0 aliphatic heterocycles. The molecule has 2 rings (SSSR count). The number of ether oxygens (including phenoxy) is 1. The van der Waals surface area contributed by atoms with Crippen molar-refractivity contribution < 1.29 is 69.1 Å². The van der Waals surface area contributed by atoms with E-state index in [0.29, 0.717) is 4.47 Å². The van der Waals surface area contributed by atoms with Gasteiger partial charge >= 0.3 is 58.4 Å². The van der Waals surface area contributed by atoms with Crippen LogP contribution >= 0.6 is 15.9 Å². The Morgan fingerprint density at radius 2 is 1.72 bits per heavy atom. The summed E-state index contributed by atoms with van der Waals surface area (Å²) in [5.41, 5.74) is 0. The average Bonchev–Trinajstić information content (AvgIpc) is 2.27. The number of hydrogen-bond donors (Lipinski definition) is 0. The molecule has 0 saturated carbocycles. The maximum absolute atomic E-state index is 12.1. The van der Waals surface area contributed by atoms with Crippen LogP contribution in [0.5, 0.6) is 5.75 Å². The van der Waals surface area contributed by atoms with Crippen molar-refractivity contribution in [1.82, 2.24) is 0 Å². The van der Waals surface area contributed by atoms with Crippen LogP contribution in [0.15, 0.2) is 40.9 Å². The fraction of sp³-hybridized carbons (Fsp3) is 0.0909. The molecule has 0 amide bonds. The van der Waals surface area contributed by atoms with Gasteiger partial charge in [0.2, 0.25) is 0 Å². The Morgan fingerprint density at radius 3 is 2.39 bits per heavy atom. The topological polar surface area (TPSA) is 9.23 Å². The zero-order valence-corrected chi connectivity index (χ0v) is 14.4. The van der Waals surface area contributed by atoms with Gasteiger partial charge in [-0.3, -0.25) is 0 Å². The Labute approximate surface area is 154 Å². The van der Waals surface area contributed by atoms with Gasteiger partial charge in [-0.2, -0.15) is 0 Å². The summed E-state index contributed by atoms with van der Waals surface area (Å²) in [4.78, 5) is 0. The van der Waals surface area contributed by atoms with Gasteiger partial charge in [-0.1, -0.05) is 30.3 Å². The first-order valence-corrected chi connectivity index (χ1v) is 5.78. The largest absolute Gasteiger partial charge is 1.00 e. The van der Waals surface area contributed by atoms with Crippen LogP contribution in [0.3, 0.4) is 0 Å². The second-order valence-electron chi connectivity index (χ2n) is 3.62. The van der Waals surface area contributed by atoms with Crippen LogP contribution in [0.2, 0.25) is 0 Å². The van der Waals surface area contributed by atoms with Gasteiger partial charge in [-0.05, 0) is 32.8 Å². The van der Waals surface area contributed by atoms with E-state index >= 15 is 0 Å². The third-order valence-electron chi connectivity index (χ3n) is 2.26. The van der Waals surface area contributed by atoms with Crippen LogP contribution in [0.1, 0.15) is 0 Å². The summed E-state index contributed by atoms with van der Waals surface area (Å²) in [7, 11) is 0. The fourth-order valence-electron chi connectivity index (χ4n) is 1.51. The molecule has 18 heavy (non-hydrogen) atoms. The van der Waals surface area contributed by atoms with Crippen LogP contribution < -0.4 is 56.1 Å². The predicted molar refractivity (Wildman–Crippen MR) is 66.2 cm³/mol. The molecule has 90 valence electrons. The van der Waals surface area contributed by atoms with E-state index < -0.39 is 13.5 Å². The summed E-state index contributed by atoms with van der Waals surface area (Å²) in [5.74, 6) is 0.211. The van der Waals surface area contributed by atoms with E-state index in [2.05, 4.69) is 15.9 Å². The average molecular weight is 343 g/mol. The van der Waals surface area contributed by atoms with Gasteiger partial charge < -0.3 is 17.7 Å². The predicted octanol–water partition coefficient (Wildman–Crippen LogP) is 1.37. The Balaban J connectivity index is 0.00000162. The Hall–Kier alpha value is 0.471. The summed E-state index contributed by atoms with van der Waals surface area (Å²) in [6.07, 6.45) is 0. The number of hydrogen-bond acceptors (Lipinski definition) is 1. The maximum Gasteiger partial charge on any atom is 1.00 e. The minimum Gasteiger partial charge on any atom is -0.521 e. The third kappa shape index (κ3) is 4.25. The minimum atomic E-state index is -4.93. The third-order valence-corrected chi connectivity index (χ3v) is 3.07. The molecular weight excluding hydrogens is 335 g/mol. The summed E-state index contributed by atoms with van der Waals surface area (Å²) in [5, 5.41) is 1.78. The van der Waals surface area contributed by atoms with E-state index in [1.54, 1.807) is 6.07 Å². The standard InChI is InChI=1S/C11H8BBrF3O.K/c13-11-9-4-2-1-3-8(9)5-6-10(11)17-7-12(14,15)16;/h1-6H,7H2;/q-1;+1. The van der Waals surface area contributed by atoms with Gasteiger partial charge in [0.15, 0.2) is 0 Å². The molecule has 0 N–H and O–H groups in total. The van der Waals surface area contributed by atoms with Crippen molar-refractivity contribution in [3.8, 4) is 5.75 Å². The Morgan fingerprint density at radius 1 is 1.06 bits per heavy atom. The molecule has 0 bridgehead atoms. The number of rotatable bonds is 3. The zero-order chi connectivity index (χ0) is 12.5. The van der Waals surface area contributed by atoms with Crippen molar-refractivity contribution in [2.24, 2.45) is 0 Å². The summed E-state index contributed by atoms with van der Waals surface area (Å²) in [6, 6.07) is 10.7. The van der Waals surface area contributed by atoms with Crippen molar-refractivity contribution >= 4 is 33.7 Å². The molecule has 0 heterocycles. The monoisotopic (exact) mass is 342 g/mol. The molecule has 0 atom stereocenters. The van der Waals surface area contributed by atoms with Crippen molar-refractivity contribution in [3.05, 3.63) is 40.9 Å². The van der Waals surface area contributed by atoms with Gasteiger partial charge in [0, 0.05) is 0 Å². The number of fused-ring (bicyclic) bond motifs is 1. The zero-order valence-electron chi connectivity index (χ0n) is 9.67. The maximum atomic E-state index is 12.1. The minimum absolute atomic E-state index is 0. The van der Waals surface area contributed by atoms with Gasteiger partial charge in [-0.15, -0.1) is 0 Å². The second kappa shape index (κ2) is 6.76. The fourth-order valence-corrected chi connectivity index (χ4v) is 2.12. The molecule has 0 radical (unpaired) electrons. The second-order valence-corrected chi connectivity index (χ2v) is 4.41. The first kappa shape index (κ1) is 16.5. The van der Waals surface area contributed by atoms with Crippen molar-refractivity contribution in [2.45, 2.75) is 0 Å². The molecule has 0 aliphatic carbocycles. The van der Waals surface area contributed by atoms with Crippen molar-refractivity contribution in [2.75, 3.05) is 6.51 Å². The van der Waals surface area contributed by atoms with E-state index in [9.17, 15) is 12.9 Å². The molecule has 0 unspecified atom stereocenters. The molecule has 2 aromatic rings. The molecule has 0 aliphatic rings. The summed E-state index contributed by atoms with van der Waals surface area (Å²) in [6.45, 7) is -6.16. The molecule has 1 nitrogen and oxygen atoms in total. The van der Waals surface area contributed by atoms with E-state index in [-0.39, 0.29) is 57.1 Å². The van der Waals surface area contributed by atoms with Gasteiger partial charge in [-0.25, -0.2) is 0 Å². The Bertz CT molecular complexity index is 547. The van der Waals surface area contributed by atoms with Gasteiger partial charge in [0.05, 0.1) is 11.0 Å². The molecule has 2 aromatic carbocycles. The van der Waals surface area contributed by atoms with E-state index in [0.717, 1.165) is 10.8 Å². The van der Waals surface area contributed by atoms with E-state index in [1.165, 1.54) is 6.07 Å². The molecule has 7 heteroatoms. The normalized spacial score (nSPS) is 11.1. The first-order chi connectivity index (χ1) is 7.97. The molecular formula is C11H8BBrF3KO. The summed E-state index contributed by atoms with van der Waals surface area (Å²) < 4.78 is 41.6. The van der Waals surface area contributed by atoms with Crippen molar-refractivity contribution in [1.29, 1.82) is 0 Å². The first-order valence-electron chi connectivity index (χ1n) is 4.98. The molecule has 0 aromatic heterocycles. The quantitative estimate of drug-likeness (QED) is 0.766. The van der Waals surface area contributed by atoms with Crippen LogP contribution in [0.25, 0.3) is 10.8 Å². The van der Waals surface area contributed by atoms with Gasteiger partial charge in [0.25, 0.3) is 0 Å². The van der Waals surface area contributed by atoms with Crippen LogP contribution in [0, 0.1) is 0 Å². The van der Waals surface area contributed by atoms with E-state index in [4.69, 9.17) is 4.74 Å². The van der Waals surface area contributed by atoms with Crippen LogP contribution in [-0.4, -0.2) is 13.5 Å². The van der Waals surface area contributed by atoms with Gasteiger partial charge in [0.1, 0.15) is 5.75 Å². The van der Waals surface area contributed by atoms with Crippen LogP contribution in [0.4, 0.5) is 12.9 Å². The van der Waals surface area contributed by atoms with Crippen LogP contribution in [-0.2, 0) is 0 Å². The molecule has 0 spiro atoms. The molecule has 0 fully saturated rings. The number of benzene rings is 2. The molecule has 0 saturated heterocycles. The SMILES string of the molecule is F[B-](F)(F)COc1ccc2ccccc2c1Br.[K+]. The van der Waals surface area contributed by atoms with E-state index in [1.807, 2.05) is 24.3 Å². The smallest absolute Gasteiger partial charge is 0.521 e. The van der Waals surface area contributed by atoms with Crippen molar-refractivity contribution in [3.63, 3.8) is 0 Å². The summed E-state index contributed by atoms with van der Waals surface area (Å²) >= 11 is 3.26. The Kier molecular flexibility index (Phi) is 6.21.